The van der Waals surface area contributed by atoms with Gasteiger partial charge >= 0.3 is 0 Å². The molecule has 5 rings (SSSR count). The predicted octanol–water partition coefficient (Wildman–Crippen LogP) is 5.32. The van der Waals surface area contributed by atoms with Gasteiger partial charge in [-0.1, -0.05) is 18.9 Å². The highest BCUT2D eigenvalue weighted by Crippen LogP contribution is 2.66. The molecule has 3 aliphatic rings. The second-order valence-corrected chi connectivity index (χ2v) is 8.99. The summed E-state index contributed by atoms with van der Waals surface area (Å²) in [5.41, 5.74) is 2.71. The van der Waals surface area contributed by atoms with Crippen LogP contribution in [0.25, 0.3) is 0 Å². The first-order chi connectivity index (χ1) is 13.4. The number of hydrogen-bond acceptors (Lipinski definition) is 4. The summed E-state index contributed by atoms with van der Waals surface area (Å²) in [7, 11) is 0. The molecule has 2 atom stereocenters. The third-order valence-corrected chi connectivity index (χ3v) is 7.82. The number of ether oxygens (including phenoxy) is 1. The number of benzene rings is 2. The smallest absolute Gasteiger partial charge is 0.141 e. The van der Waals surface area contributed by atoms with Gasteiger partial charge in [-0.25, -0.2) is 0 Å². The molecule has 1 spiro atoms. The summed E-state index contributed by atoms with van der Waals surface area (Å²) >= 11 is 0. The van der Waals surface area contributed by atoms with Crippen LogP contribution in [0.15, 0.2) is 24.3 Å². The Bertz CT molecular complexity index is 958. The van der Waals surface area contributed by atoms with Crippen molar-refractivity contribution in [2.24, 2.45) is 5.92 Å². The van der Waals surface area contributed by atoms with Crippen molar-refractivity contribution in [3.8, 4) is 23.0 Å². The zero-order valence-electron chi connectivity index (χ0n) is 16.6. The summed E-state index contributed by atoms with van der Waals surface area (Å²) in [6.07, 6.45) is 7.60. The molecule has 2 saturated carbocycles. The van der Waals surface area contributed by atoms with Gasteiger partial charge in [0.05, 0.1) is 0 Å². The maximum Gasteiger partial charge on any atom is 0.141 e. The van der Waals surface area contributed by atoms with Crippen LogP contribution in [-0.2, 0) is 11.0 Å². The van der Waals surface area contributed by atoms with Gasteiger partial charge < -0.3 is 20.1 Å². The first kappa shape index (κ1) is 17.7. The van der Waals surface area contributed by atoms with Crippen LogP contribution in [0, 0.1) is 19.8 Å². The SMILES string of the molecule is Cc1c(O)ccc([C@]23CCC[C@H]2C2(CCCC2)c2ccc(O)c(C)c2O3)c1O. The topological polar surface area (TPSA) is 69.9 Å². The summed E-state index contributed by atoms with van der Waals surface area (Å²) in [4.78, 5) is 0. The van der Waals surface area contributed by atoms with Gasteiger partial charge in [0.2, 0.25) is 0 Å². The molecule has 0 amide bonds. The number of aromatic hydroxyl groups is 3. The van der Waals surface area contributed by atoms with Gasteiger partial charge in [0.15, 0.2) is 0 Å². The van der Waals surface area contributed by atoms with Crippen LogP contribution in [0.4, 0.5) is 0 Å². The third kappa shape index (κ3) is 2.06. The van der Waals surface area contributed by atoms with Crippen molar-refractivity contribution >= 4 is 0 Å². The first-order valence-electron chi connectivity index (χ1n) is 10.4. The van der Waals surface area contributed by atoms with E-state index in [0.29, 0.717) is 5.56 Å². The fraction of sp³-hybridized carbons (Fsp3) is 0.500. The van der Waals surface area contributed by atoms with Crippen molar-refractivity contribution in [3.63, 3.8) is 0 Å². The molecule has 2 aliphatic carbocycles. The average Bonchev–Trinajstić information content (AvgIpc) is 3.32. The molecule has 2 fully saturated rings. The summed E-state index contributed by atoms with van der Waals surface area (Å²) in [6, 6.07) is 7.38. The Kier molecular flexibility index (Phi) is 3.68. The molecule has 0 unspecified atom stereocenters. The molecule has 148 valence electrons. The van der Waals surface area contributed by atoms with Crippen LogP contribution in [0.2, 0.25) is 0 Å². The van der Waals surface area contributed by atoms with Crippen molar-refractivity contribution in [2.45, 2.75) is 69.8 Å². The summed E-state index contributed by atoms with van der Waals surface area (Å²) in [5.74, 6) is 1.58. The van der Waals surface area contributed by atoms with Gasteiger partial charge in [-0.05, 0) is 64.2 Å². The van der Waals surface area contributed by atoms with Gasteiger partial charge in [-0.15, -0.1) is 0 Å². The van der Waals surface area contributed by atoms with Crippen LogP contribution >= 0.6 is 0 Å². The zero-order valence-corrected chi connectivity index (χ0v) is 16.6. The van der Waals surface area contributed by atoms with Gasteiger partial charge in [0, 0.05) is 33.6 Å². The number of hydrogen-bond donors (Lipinski definition) is 3. The van der Waals surface area contributed by atoms with Crippen LogP contribution in [-0.4, -0.2) is 15.3 Å². The molecule has 28 heavy (non-hydrogen) atoms. The Balaban J connectivity index is 1.80. The van der Waals surface area contributed by atoms with E-state index in [1.165, 1.54) is 18.4 Å². The van der Waals surface area contributed by atoms with Crippen molar-refractivity contribution in [3.05, 3.63) is 46.5 Å². The monoisotopic (exact) mass is 380 g/mol. The van der Waals surface area contributed by atoms with E-state index in [1.54, 1.807) is 13.0 Å². The quantitative estimate of drug-likeness (QED) is 0.626. The van der Waals surface area contributed by atoms with E-state index >= 15 is 0 Å². The van der Waals surface area contributed by atoms with Crippen molar-refractivity contribution in [1.82, 2.24) is 0 Å². The molecule has 0 radical (unpaired) electrons. The van der Waals surface area contributed by atoms with Crippen LogP contribution in [0.5, 0.6) is 23.0 Å². The highest BCUT2D eigenvalue weighted by Gasteiger charge is 2.62. The van der Waals surface area contributed by atoms with E-state index in [4.69, 9.17) is 4.74 Å². The number of phenols is 3. The summed E-state index contributed by atoms with van der Waals surface area (Å²) in [5, 5.41) is 31.4. The number of rotatable bonds is 1. The Morgan fingerprint density at radius 3 is 2.18 bits per heavy atom. The first-order valence-corrected chi connectivity index (χ1v) is 10.4. The van der Waals surface area contributed by atoms with Crippen LogP contribution in [0.3, 0.4) is 0 Å². The van der Waals surface area contributed by atoms with Crippen molar-refractivity contribution in [1.29, 1.82) is 0 Å². The largest absolute Gasteiger partial charge is 0.508 e. The zero-order chi connectivity index (χ0) is 19.7. The fourth-order valence-electron chi connectivity index (χ4n) is 6.43. The van der Waals surface area contributed by atoms with Gasteiger partial charge in [0.25, 0.3) is 0 Å². The van der Waals surface area contributed by atoms with E-state index < -0.39 is 5.60 Å². The molecule has 0 aromatic heterocycles. The maximum atomic E-state index is 11.0. The minimum atomic E-state index is -0.613. The van der Waals surface area contributed by atoms with Crippen LogP contribution < -0.4 is 4.74 Å². The van der Waals surface area contributed by atoms with E-state index in [1.807, 2.05) is 19.1 Å². The van der Waals surface area contributed by atoms with Crippen molar-refractivity contribution in [2.75, 3.05) is 0 Å². The maximum absolute atomic E-state index is 11.0. The second kappa shape index (κ2) is 5.82. The third-order valence-electron chi connectivity index (χ3n) is 7.82. The highest BCUT2D eigenvalue weighted by molar-refractivity contribution is 5.58. The van der Waals surface area contributed by atoms with Gasteiger partial charge in [0.1, 0.15) is 28.6 Å². The van der Waals surface area contributed by atoms with Crippen LogP contribution in [0.1, 0.15) is 67.2 Å². The molecule has 4 nitrogen and oxygen atoms in total. The Morgan fingerprint density at radius 1 is 0.821 bits per heavy atom. The lowest BCUT2D eigenvalue weighted by Gasteiger charge is -2.52. The molecule has 2 aromatic rings. The lowest BCUT2D eigenvalue weighted by molar-refractivity contribution is -0.0372. The van der Waals surface area contributed by atoms with E-state index in [0.717, 1.165) is 49.0 Å². The second-order valence-electron chi connectivity index (χ2n) is 8.99. The molecule has 0 bridgehead atoms. The fourth-order valence-corrected chi connectivity index (χ4v) is 6.43. The van der Waals surface area contributed by atoms with Gasteiger partial charge in [-0.3, -0.25) is 0 Å². The molecule has 2 aromatic carbocycles. The lowest BCUT2D eigenvalue weighted by Crippen LogP contribution is -2.51. The van der Waals surface area contributed by atoms with E-state index in [2.05, 4.69) is 6.07 Å². The average molecular weight is 380 g/mol. The number of fused-ring (bicyclic) bond motifs is 4. The standard InChI is InChI=1S/C24H28O4/c1-14-18(25)9-7-16(21(14)27)24-13-5-6-20(24)23(11-3-4-12-23)17-8-10-19(26)15(2)22(17)28-24/h7-10,20,25-27H,3-6,11-13H2,1-2H3/t20-,24+/m0/s1. The molecule has 0 saturated heterocycles. The van der Waals surface area contributed by atoms with E-state index in [-0.39, 0.29) is 28.6 Å². The Morgan fingerprint density at radius 2 is 1.46 bits per heavy atom. The highest BCUT2D eigenvalue weighted by atomic mass is 16.5. The minimum absolute atomic E-state index is 0.0285. The Hall–Kier alpha value is -2.36. The lowest BCUT2D eigenvalue weighted by atomic mass is 9.60. The minimum Gasteiger partial charge on any atom is -0.508 e. The van der Waals surface area contributed by atoms with Crippen molar-refractivity contribution < 1.29 is 20.1 Å². The molecular weight excluding hydrogens is 352 g/mol. The Labute approximate surface area is 165 Å². The molecular formula is C24H28O4. The normalized spacial score (nSPS) is 27.4. The number of phenolic OH excluding ortho intramolecular Hbond substituents is 3. The molecule has 3 N–H and O–H groups in total. The molecule has 1 aliphatic heterocycles. The predicted molar refractivity (Wildman–Crippen MR) is 107 cm³/mol. The van der Waals surface area contributed by atoms with Gasteiger partial charge in [-0.2, -0.15) is 0 Å². The van der Waals surface area contributed by atoms with E-state index in [9.17, 15) is 15.3 Å². The molecule has 4 heteroatoms. The summed E-state index contributed by atoms with van der Waals surface area (Å²) in [6.45, 7) is 3.66. The molecule has 1 heterocycles. The summed E-state index contributed by atoms with van der Waals surface area (Å²) < 4.78 is 6.80.